The van der Waals surface area contributed by atoms with Crippen molar-refractivity contribution in [3.05, 3.63) is 29.6 Å². The van der Waals surface area contributed by atoms with Crippen LogP contribution in [0, 0.1) is 12.8 Å². The average molecular weight is 206 g/mol. The van der Waals surface area contributed by atoms with Gasteiger partial charge in [0.1, 0.15) is 0 Å². The molecule has 1 aromatic heterocycles. The lowest BCUT2D eigenvalue weighted by atomic mass is 10.1. The van der Waals surface area contributed by atoms with E-state index in [0.29, 0.717) is 11.5 Å². The molecule has 0 atom stereocenters. The highest BCUT2D eigenvalue weighted by molar-refractivity contribution is 5.95. The van der Waals surface area contributed by atoms with Crippen molar-refractivity contribution in [1.82, 2.24) is 10.3 Å². The molecule has 0 aliphatic heterocycles. The molecule has 1 amide bonds. The molecule has 3 nitrogen and oxygen atoms in total. The van der Waals surface area contributed by atoms with Crippen LogP contribution in [0.25, 0.3) is 0 Å². The first-order valence-electron chi connectivity index (χ1n) is 5.30. The Morgan fingerprint density at radius 1 is 1.53 bits per heavy atom. The van der Waals surface area contributed by atoms with Gasteiger partial charge in [-0.3, -0.25) is 9.78 Å². The molecule has 0 aliphatic carbocycles. The monoisotopic (exact) mass is 206 g/mol. The van der Waals surface area contributed by atoms with Gasteiger partial charge in [0.25, 0.3) is 5.91 Å². The number of pyridine rings is 1. The summed E-state index contributed by atoms with van der Waals surface area (Å²) in [6.45, 7) is 6.91. The van der Waals surface area contributed by atoms with E-state index in [1.54, 1.807) is 18.5 Å². The number of carbonyl (C=O) groups is 1. The molecule has 0 fully saturated rings. The summed E-state index contributed by atoms with van der Waals surface area (Å²) in [4.78, 5) is 15.7. The van der Waals surface area contributed by atoms with Gasteiger partial charge in [0.15, 0.2) is 0 Å². The van der Waals surface area contributed by atoms with Crippen molar-refractivity contribution in [1.29, 1.82) is 0 Å². The van der Waals surface area contributed by atoms with Gasteiger partial charge in [0.05, 0.1) is 0 Å². The quantitative estimate of drug-likeness (QED) is 0.820. The SMILES string of the molecule is Cc1cnccc1C(=O)NCCC(C)C. The highest BCUT2D eigenvalue weighted by Gasteiger charge is 2.07. The summed E-state index contributed by atoms with van der Waals surface area (Å²) in [5, 5.41) is 2.90. The normalized spacial score (nSPS) is 10.4. The van der Waals surface area contributed by atoms with E-state index in [1.165, 1.54) is 0 Å². The van der Waals surface area contributed by atoms with Crippen LogP contribution >= 0.6 is 0 Å². The number of hydrogen-bond donors (Lipinski definition) is 1. The molecule has 0 aromatic carbocycles. The summed E-state index contributed by atoms with van der Waals surface area (Å²) in [6, 6.07) is 1.75. The molecule has 1 N–H and O–H groups in total. The van der Waals surface area contributed by atoms with Crippen LogP contribution in [0.2, 0.25) is 0 Å². The largest absolute Gasteiger partial charge is 0.352 e. The Kier molecular flexibility index (Phi) is 4.28. The third kappa shape index (κ3) is 3.70. The van der Waals surface area contributed by atoms with E-state index < -0.39 is 0 Å². The molecule has 0 unspecified atom stereocenters. The van der Waals surface area contributed by atoms with Crippen LogP contribution in [0.1, 0.15) is 36.2 Å². The van der Waals surface area contributed by atoms with Crippen molar-refractivity contribution in [2.75, 3.05) is 6.54 Å². The molecular weight excluding hydrogens is 188 g/mol. The second-order valence-corrected chi connectivity index (χ2v) is 4.13. The molecular formula is C12H18N2O. The van der Waals surface area contributed by atoms with Crippen LogP contribution in [-0.4, -0.2) is 17.4 Å². The molecule has 82 valence electrons. The lowest BCUT2D eigenvalue weighted by Gasteiger charge is -2.08. The number of nitrogens with zero attached hydrogens (tertiary/aromatic N) is 1. The Hall–Kier alpha value is -1.38. The maximum Gasteiger partial charge on any atom is 0.251 e. The van der Waals surface area contributed by atoms with E-state index in [0.717, 1.165) is 18.5 Å². The van der Waals surface area contributed by atoms with Crippen molar-refractivity contribution in [2.45, 2.75) is 27.2 Å². The average Bonchev–Trinajstić information content (AvgIpc) is 2.17. The van der Waals surface area contributed by atoms with Crippen LogP contribution in [0.4, 0.5) is 0 Å². The molecule has 1 heterocycles. The maximum atomic E-state index is 11.7. The number of nitrogens with one attached hydrogen (secondary N) is 1. The van der Waals surface area contributed by atoms with Gasteiger partial charge in [-0.25, -0.2) is 0 Å². The van der Waals surface area contributed by atoms with Crippen molar-refractivity contribution in [3.8, 4) is 0 Å². The fourth-order valence-corrected chi connectivity index (χ4v) is 1.30. The van der Waals surface area contributed by atoms with E-state index in [2.05, 4.69) is 24.1 Å². The van der Waals surface area contributed by atoms with E-state index in [9.17, 15) is 4.79 Å². The zero-order chi connectivity index (χ0) is 11.3. The van der Waals surface area contributed by atoms with Crippen LogP contribution in [0.15, 0.2) is 18.5 Å². The van der Waals surface area contributed by atoms with Gasteiger partial charge in [-0.2, -0.15) is 0 Å². The van der Waals surface area contributed by atoms with Crippen LogP contribution in [-0.2, 0) is 0 Å². The smallest absolute Gasteiger partial charge is 0.251 e. The van der Waals surface area contributed by atoms with Gasteiger partial charge in [-0.15, -0.1) is 0 Å². The Morgan fingerprint density at radius 2 is 2.27 bits per heavy atom. The summed E-state index contributed by atoms with van der Waals surface area (Å²) < 4.78 is 0. The van der Waals surface area contributed by atoms with Crippen LogP contribution in [0.3, 0.4) is 0 Å². The third-order valence-electron chi connectivity index (χ3n) is 2.27. The molecule has 1 rings (SSSR count). The number of aromatic nitrogens is 1. The van der Waals surface area contributed by atoms with E-state index in [-0.39, 0.29) is 5.91 Å². The molecule has 3 heteroatoms. The number of rotatable bonds is 4. The van der Waals surface area contributed by atoms with Crippen molar-refractivity contribution in [3.63, 3.8) is 0 Å². The van der Waals surface area contributed by atoms with Gasteiger partial charge in [-0.1, -0.05) is 13.8 Å². The molecule has 0 bridgehead atoms. The minimum Gasteiger partial charge on any atom is -0.352 e. The highest BCUT2D eigenvalue weighted by Crippen LogP contribution is 2.05. The van der Waals surface area contributed by atoms with Gasteiger partial charge in [0.2, 0.25) is 0 Å². The third-order valence-corrected chi connectivity index (χ3v) is 2.27. The Balaban J connectivity index is 2.51. The van der Waals surface area contributed by atoms with E-state index in [1.807, 2.05) is 6.92 Å². The zero-order valence-corrected chi connectivity index (χ0v) is 9.58. The summed E-state index contributed by atoms with van der Waals surface area (Å²) in [5.41, 5.74) is 1.63. The predicted octanol–water partition coefficient (Wildman–Crippen LogP) is 2.17. The van der Waals surface area contributed by atoms with Gasteiger partial charge < -0.3 is 5.32 Å². The molecule has 0 saturated heterocycles. The fourth-order valence-electron chi connectivity index (χ4n) is 1.30. The van der Waals surface area contributed by atoms with Crippen molar-refractivity contribution < 1.29 is 4.79 Å². The number of aryl methyl sites for hydroxylation is 1. The molecule has 0 saturated carbocycles. The number of hydrogen-bond acceptors (Lipinski definition) is 2. The van der Waals surface area contributed by atoms with Crippen molar-refractivity contribution >= 4 is 5.91 Å². The minimum absolute atomic E-state index is 0.00412. The van der Waals surface area contributed by atoms with E-state index >= 15 is 0 Å². The number of carbonyl (C=O) groups excluding carboxylic acids is 1. The van der Waals surface area contributed by atoms with Gasteiger partial charge in [-0.05, 0) is 30.9 Å². The second kappa shape index (κ2) is 5.49. The molecule has 0 spiro atoms. The van der Waals surface area contributed by atoms with Gasteiger partial charge >= 0.3 is 0 Å². The number of amides is 1. The molecule has 0 aliphatic rings. The van der Waals surface area contributed by atoms with Crippen LogP contribution < -0.4 is 5.32 Å². The zero-order valence-electron chi connectivity index (χ0n) is 9.58. The summed E-state index contributed by atoms with van der Waals surface area (Å²) >= 11 is 0. The highest BCUT2D eigenvalue weighted by atomic mass is 16.1. The predicted molar refractivity (Wildman–Crippen MR) is 60.8 cm³/mol. The maximum absolute atomic E-state index is 11.7. The lowest BCUT2D eigenvalue weighted by molar-refractivity contribution is 0.0951. The Labute approximate surface area is 90.9 Å². The first kappa shape index (κ1) is 11.7. The minimum atomic E-state index is -0.00412. The van der Waals surface area contributed by atoms with E-state index in [4.69, 9.17) is 0 Å². The molecule has 15 heavy (non-hydrogen) atoms. The first-order chi connectivity index (χ1) is 7.11. The summed E-state index contributed by atoms with van der Waals surface area (Å²) in [7, 11) is 0. The molecule has 0 radical (unpaired) electrons. The van der Waals surface area contributed by atoms with Crippen molar-refractivity contribution in [2.24, 2.45) is 5.92 Å². The first-order valence-corrected chi connectivity index (χ1v) is 5.30. The fraction of sp³-hybridized carbons (Fsp3) is 0.500. The standard InChI is InChI=1S/C12H18N2O/c1-9(2)4-7-14-12(15)11-5-6-13-8-10(11)3/h5-6,8-9H,4,7H2,1-3H3,(H,14,15). The Bertz CT molecular complexity index is 334. The summed E-state index contributed by atoms with van der Waals surface area (Å²) in [6.07, 6.45) is 4.36. The van der Waals surface area contributed by atoms with Crippen LogP contribution in [0.5, 0.6) is 0 Å². The summed E-state index contributed by atoms with van der Waals surface area (Å²) in [5.74, 6) is 0.611. The Morgan fingerprint density at radius 3 is 2.87 bits per heavy atom. The molecule has 1 aromatic rings. The van der Waals surface area contributed by atoms with Gasteiger partial charge in [0, 0.05) is 24.5 Å². The second-order valence-electron chi connectivity index (χ2n) is 4.13. The lowest BCUT2D eigenvalue weighted by Crippen LogP contribution is -2.26. The topological polar surface area (TPSA) is 42.0 Å².